The van der Waals surface area contributed by atoms with Gasteiger partial charge in [0.15, 0.2) is 0 Å². The van der Waals surface area contributed by atoms with Crippen molar-refractivity contribution in [2.24, 2.45) is 5.73 Å². The molecule has 6 heteroatoms. The van der Waals surface area contributed by atoms with Crippen LogP contribution in [0.15, 0.2) is 84.9 Å². The van der Waals surface area contributed by atoms with Crippen molar-refractivity contribution in [2.75, 3.05) is 27.2 Å². The quantitative estimate of drug-likeness (QED) is 0.412. The lowest BCUT2D eigenvalue weighted by atomic mass is 9.99. The molecule has 34 heavy (non-hydrogen) atoms. The number of carbonyl (C=O) groups is 2. The Bertz CT molecular complexity index is 1040. The molecule has 3 aromatic rings. The number of hydrogen-bond acceptors (Lipinski definition) is 4. The number of nitrogens with two attached hydrogens (primary N) is 1. The first kappa shape index (κ1) is 25.1. The van der Waals surface area contributed by atoms with E-state index in [0.29, 0.717) is 25.9 Å². The average molecular weight is 459 g/mol. The van der Waals surface area contributed by atoms with Crippen molar-refractivity contribution in [3.8, 4) is 11.1 Å². The SMILES string of the molecule is CN[C@H](Cc1ccc(-c2ccccc2)cc1)C(=O)N(C)[C@H](Cc1ccccc1)C(=O)NCCN. The molecular weight excluding hydrogens is 424 g/mol. The summed E-state index contributed by atoms with van der Waals surface area (Å²) in [5, 5.41) is 5.97. The molecular formula is C28H34N4O2. The van der Waals surface area contributed by atoms with Crippen LogP contribution in [-0.4, -0.2) is 56.0 Å². The van der Waals surface area contributed by atoms with E-state index in [0.717, 1.165) is 22.3 Å². The van der Waals surface area contributed by atoms with Gasteiger partial charge in [-0.15, -0.1) is 0 Å². The molecule has 0 aliphatic heterocycles. The maximum atomic E-state index is 13.4. The summed E-state index contributed by atoms with van der Waals surface area (Å²) in [6, 6.07) is 27.1. The normalized spacial score (nSPS) is 12.6. The number of nitrogens with zero attached hydrogens (tertiary/aromatic N) is 1. The van der Waals surface area contributed by atoms with Crippen LogP contribution in [0.1, 0.15) is 11.1 Å². The molecule has 2 amide bonds. The summed E-state index contributed by atoms with van der Waals surface area (Å²) in [6.07, 6.45) is 0.957. The molecule has 0 heterocycles. The van der Waals surface area contributed by atoms with Gasteiger partial charge in [0.1, 0.15) is 6.04 Å². The number of amides is 2. The molecule has 0 aliphatic carbocycles. The molecule has 0 saturated carbocycles. The lowest BCUT2D eigenvalue weighted by Gasteiger charge is -2.31. The summed E-state index contributed by atoms with van der Waals surface area (Å²) in [7, 11) is 3.47. The van der Waals surface area contributed by atoms with Gasteiger partial charge in [-0.25, -0.2) is 0 Å². The van der Waals surface area contributed by atoms with Crippen LogP contribution in [0.3, 0.4) is 0 Å². The van der Waals surface area contributed by atoms with Crippen molar-refractivity contribution in [1.29, 1.82) is 0 Å². The van der Waals surface area contributed by atoms with Gasteiger partial charge in [0.25, 0.3) is 0 Å². The lowest BCUT2D eigenvalue weighted by molar-refractivity contribution is -0.140. The Morgan fingerprint density at radius 3 is 1.97 bits per heavy atom. The Balaban J connectivity index is 1.73. The number of likely N-dealkylation sites (N-methyl/N-ethyl adjacent to an activating group) is 2. The van der Waals surface area contributed by atoms with Crippen LogP contribution in [0.5, 0.6) is 0 Å². The van der Waals surface area contributed by atoms with Crippen LogP contribution >= 0.6 is 0 Å². The highest BCUT2D eigenvalue weighted by Crippen LogP contribution is 2.20. The molecule has 0 radical (unpaired) electrons. The summed E-state index contributed by atoms with van der Waals surface area (Å²) in [6.45, 7) is 0.717. The van der Waals surface area contributed by atoms with Gasteiger partial charge in [-0.2, -0.15) is 0 Å². The summed E-state index contributed by atoms with van der Waals surface area (Å²) in [4.78, 5) is 27.9. The Hall–Kier alpha value is -3.48. The van der Waals surface area contributed by atoms with Crippen LogP contribution in [0.4, 0.5) is 0 Å². The van der Waals surface area contributed by atoms with E-state index in [9.17, 15) is 9.59 Å². The topological polar surface area (TPSA) is 87.5 Å². The molecule has 0 bridgehead atoms. The van der Waals surface area contributed by atoms with Crippen LogP contribution in [-0.2, 0) is 22.4 Å². The highest BCUT2D eigenvalue weighted by Gasteiger charge is 2.30. The minimum absolute atomic E-state index is 0.126. The van der Waals surface area contributed by atoms with E-state index in [1.54, 1.807) is 19.0 Å². The molecule has 4 N–H and O–H groups in total. The van der Waals surface area contributed by atoms with Crippen molar-refractivity contribution in [3.63, 3.8) is 0 Å². The number of hydrogen-bond donors (Lipinski definition) is 3. The third kappa shape index (κ3) is 6.76. The van der Waals surface area contributed by atoms with E-state index in [2.05, 4.69) is 47.0 Å². The lowest BCUT2D eigenvalue weighted by Crippen LogP contribution is -2.54. The largest absolute Gasteiger partial charge is 0.353 e. The van der Waals surface area contributed by atoms with Gasteiger partial charge < -0.3 is 21.3 Å². The van der Waals surface area contributed by atoms with Crippen molar-refractivity contribution < 1.29 is 9.59 Å². The van der Waals surface area contributed by atoms with Gasteiger partial charge >= 0.3 is 0 Å². The third-order valence-electron chi connectivity index (χ3n) is 5.98. The Morgan fingerprint density at radius 1 is 0.824 bits per heavy atom. The summed E-state index contributed by atoms with van der Waals surface area (Å²) < 4.78 is 0. The van der Waals surface area contributed by atoms with Crippen molar-refractivity contribution >= 4 is 11.8 Å². The summed E-state index contributed by atoms with van der Waals surface area (Å²) in [5.74, 6) is -0.328. The Kier molecular flexibility index (Phi) is 9.38. The Morgan fingerprint density at radius 2 is 1.38 bits per heavy atom. The fourth-order valence-electron chi connectivity index (χ4n) is 3.97. The van der Waals surface area contributed by atoms with Crippen LogP contribution in [0.2, 0.25) is 0 Å². The molecule has 0 spiro atoms. The van der Waals surface area contributed by atoms with Gasteiger partial charge in [0.05, 0.1) is 6.04 Å². The van der Waals surface area contributed by atoms with E-state index >= 15 is 0 Å². The van der Waals surface area contributed by atoms with Crippen molar-refractivity contribution in [3.05, 3.63) is 96.1 Å². The average Bonchev–Trinajstić information content (AvgIpc) is 2.89. The van der Waals surface area contributed by atoms with Crippen molar-refractivity contribution in [2.45, 2.75) is 24.9 Å². The molecule has 0 aliphatic rings. The second kappa shape index (κ2) is 12.7. The zero-order valence-corrected chi connectivity index (χ0v) is 19.9. The van der Waals surface area contributed by atoms with E-state index in [1.165, 1.54) is 0 Å². The summed E-state index contributed by atoms with van der Waals surface area (Å²) in [5.41, 5.74) is 9.89. The zero-order chi connectivity index (χ0) is 24.3. The fourth-order valence-corrected chi connectivity index (χ4v) is 3.97. The highest BCUT2D eigenvalue weighted by atomic mass is 16.2. The molecule has 6 nitrogen and oxygen atoms in total. The van der Waals surface area contributed by atoms with E-state index in [4.69, 9.17) is 5.73 Å². The third-order valence-corrected chi connectivity index (χ3v) is 5.98. The standard InChI is InChI=1S/C28H34N4O2/c1-30-25(19-22-13-15-24(16-14-22)23-11-7-4-8-12-23)28(34)32(2)26(27(33)31-18-17-29)20-21-9-5-3-6-10-21/h3-16,25-26,30H,17-20,29H2,1-2H3,(H,31,33)/t25-,26-/m1/s1. The second-order valence-electron chi connectivity index (χ2n) is 8.34. The van der Waals surface area contributed by atoms with Gasteiger partial charge in [0, 0.05) is 26.6 Å². The van der Waals surface area contributed by atoms with Crippen LogP contribution in [0.25, 0.3) is 11.1 Å². The van der Waals surface area contributed by atoms with E-state index in [-0.39, 0.29) is 11.8 Å². The number of nitrogens with one attached hydrogen (secondary N) is 2. The highest BCUT2D eigenvalue weighted by molar-refractivity contribution is 5.90. The first-order valence-electron chi connectivity index (χ1n) is 11.6. The Labute approximate surface area is 202 Å². The predicted octanol–water partition coefficient (Wildman–Crippen LogP) is 2.63. The molecule has 3 rings (SSSR count). The molecule has 0 aromatic heterocycles. The van der Waals surface area contributed by atoms with Gasteiger partial charge in [-0.1, -0.05) is 84.9 Å². The number of rotatable bonds is 11. The first-order valence-corrected chi connectivity index (χ1v) is 11.6. The van der Waals surface area contributed by atoms with Gasteiger partial charge in [-0.3, -0.25) is 9.59 Å². The molecule has 0 saturated heterocycles. The van der Waals surface area contributed by atoms with Crippen LogP contribution < -0.4 is 16.4 Å². The maximum absolute atomic E-state index is 13.4. The number of benzene rings is 3. The zero-order valence-electron chi connectivity index (χ0n) is 19.9. The molecule has 178 valence electrons. The second-order valence-corrected chi connectivity index (χ2v) is 8.34. The molecule has 0 fully saturated rings. The monoisotopic (exact) mass is 458 g/mol. The first-order chi connectivity index (χ1) is 16.5. The number of carbonyl (C=O) groups excluding carboxylic acids is 2. The minimum atomic E-state index is -0.627. The van der Waals surface area contributed by atoms with Crippen molar-refractivity contribution in [1.82, 2.24) is 15.5 Å². The molecule has 3 aromatic carbocycles. The fraction of sp³-hybridized carbons (Fsp3) is 0.286. The van der Waals surface area contributed by atoms with Crippen LogP contribution in [0, 0.1) is 0 Å². The molecule has 0 unspecified atom stereocenters. The van der Waals surface area contributed by atoms with Gasteiger partial charge in [0.2, 0.25) is 11.8 Å². The van der Waals surface area contributed by atoms with Gasteiger partial charge in [-0.05, 0) is 35.7 Å². The summed E-state index contributed by atoms with van der Waals surface area (Å²) >= 11 is 0. The minimum Gasteiger partial charge on any atom is -0.353 e. The molecule has 2 atom stereocenters. The maximum Gasteiger partial charge on any atom is 0.243 e. The van der Waals surface area contributed by atoms with E-state index < -0.39 is 12.1 Å². The predicted molar refractivity (Wildman–Crippen MR) is 137 cm³/mol. The smallest absolute Gasteiger partial charge is 0.243 e. The van der Waals surface area contributed by atoms with E-state index in [1.807, 2.05) is 48.5 Å².